The van der Waals surface area contributed by atoms with Crippen LogP contribution in [0.1, 0.15) is 4.88 Å². The number of hydrogen-bond donors (Lipinski definition) is 1. The van der Waals surface area contributed by atoms with E-state index < -0.39 is 10.0 Å². The summed E-state index contributed by atoms with van der Waals surface area (Å²) in [4.78, 5) is 0.828. The van der Waals surface area contributed by atoms with Gasteiger partial charge in [-0.2, -0.15) is 0 Å². The molecule has 0 atom stereocenters. The predicted octanol–water partition coefficient (Wildman–Crippen LogP) is 1.25. The van der Waals surface area contributed by atoms with Crippen molar-refractivity contribution in [3.05, 3.63) is 14.7 Å². The van der Waals surface area contributed by atoms with E-state index in [9.17, 15) is 8.42 Å². The third kappa shape index (κ3) is 2.17. The van der Waals surface area contributed by atoms with E-state index in [-0.39, 0.29) is 11.5 Å². The van der Waals surface area contributed by atoms with Gasteiger partial charge in [-0.25, -0.2) is 12.7 Å². The Morgan fingerprint density at radius 1 is 1.57 bits per heavy atom. The number of nitrogens with zero attached hydrogens (tertiary/aromatic N) is 1. The zero-order valence-electron chi connectivity index (χ0n) is 7.69. The van der Waals surface area contributed by atoms with Crippen LogP contribution in [-0.4, -0.2) is 31.9 Å². The Morgan fingerprint density at radius 2 is 2.14 bits per heavy atom. The van der Waals surface area contributed by atoms with Crippen molar-refractivity contribution in [2.45, 2.75) is 11.5 Å². The molecule has 1 rings (SSSR count). The van der Waals surface area contributed by atoms with Crippen molar-refractivity contribution >= 4 is 37.3 Å². The first-order valence-corrected chi connectivity index (χ1v) is 6.76. The van der Waals surface area contributed by atoms with Gasteiger partial charge in [0.1, 0.15) is 4.90 Å². The lowest BCUT2D eigenvalue weighted by atomic mass is 10.5. The topological polar surface area (TPSA) is 57.6 Å². The summed E-state index contributed by atoms with van der Waals surface area (Å²) in [7, 11) is -0.470. The second-order valence-electron chi connectivity index (χ2n) is 2.80. The monoisotopic (exact) mass is 299 g/mol. The SMILES string of the molecule is CN(C)S(=O)(=O)c1cc(CO)sc1Br. The maximum absolute atomic E-state index is 11.7. The van der Waals surface area contributed by atoms with E-state index >= 15 is 0 Å². The summed E-state index contributed by atoms with van der Waals surface area (Å²) < 4.78 is 25.1. The van der Waals surface area contributed by atoms with Crippen molar-refractivity contribution in [3.8, 4) is 0 Å². The minimum absolute atomic E-state index is 0.147. The predicted molar refractivity (Wildman–Crippen MR) is 58.8 cm³/mol. The molecule has 0 bridgehead atoms. The van der Waals surface area contributed by atoms with Gasteiger partial charge in [-0.15, -0.1) is 11.3 Å². The fraction of sp³-hybridized carbons (Fsp3) is 0.429. The minimum atomic E-state index is -3.41. The maximum Gasteiger partial charge on any atom is 0.244 e. The van der Waals surface area contributed by atoms with Crippen molar-refractivity contribution in [2.24, 2.45) is 0 Å². The van der Waals surface area contributed by atoms with E-state index in [0.717, 1.165) is 4.31 Å². The third-order valence-corrected chi connectivity index (χ3v) is 5.67. The average molecular weight is 300 g/mol. The molecule has 0 saturated carbocycles. The van der Waals surface area contributed by atoms with Crippen LogP contribution in [0.2, 0.25) is 0 Å². The molecular formula is C7H10BrNO3S2. The molecule has 1 N–H and O–H groups in total. The van der Waals surface area contributed by atoms with E-state index in [1.807, 2.05) is 0 Å². The van der Waals surface area contributed by atoms with E-state index in [2.05, 4.69) is 15.9 Å². The van der Waals surface area contributed by atoms with Crippen LogP contribution >= 0.6 is 27.3 Å². The Bertz CT molecular complexity index is 424. The summed E-state index contributed by atoms with van der Waals surface area (Å²) in [5.74, 6) is 0. The molecule has 0 saturated heterocycles. The van der Waals surface area contributed by atoms with E-state index in [4.69, 9.17) is 5.11 Å². The fourth-order valence-corrected chi connectivity index (χ4v) is 4.23. The highest BCUT2D eigenvalue weighted by atomic mass is 79.9. The van der Waals surface area contributed by atoms with Crippen LogP contribution in [0.25, 0.3) is 0 Å². The van der Waals surface area contributed by atoms with Gasteiger partial charge in [0.15, 0.2) is 0 Å². The van der Waals surface area contributed by atoms with Crippen LogP contribution < -0.4 is 0 Å². The molecule has 0 spiro atoms. The van der Waals surface area contributed by atoms with Crippen molar-refractivity contribution in [1.82, 2.24) is 4.31 Å². The maximum atomic E-state index is 11.7. The van der Waals surface area contributed by atoms with Crippen LogP contribution in [0.3, 0.4) is 0 Å². The molecule has 14 heavy (non-hydrogen) atoms. The second kappa shape index (κ2) is 4.28. The number of thiophene rings is 1. The summed E-state index contributed by atoms with van der Waals surface area (Å²) >= 11 is 4.38. The van der Waals surface area contributed by atoms with Crippen molar-refractivity contribution in [3.63, 3.8) is 0 Å². The van der Waals surface area contributed by atoms with Gasteiger partial charge in [0.05, 0.1) is 10.4 Å². The number of rotatable bonds is 3. The fourth-order valence-electron chi connectivity index (χ4n) is 0.848. The van der Waals surface area contributed by atoms with Gasteiger partial charge >= 0.3 is 0 Å². The number of aliphatic hydroxyl groups is 1. The normalized spacial score (nSPS) is 12.4. The van der Waals surface area contributed by atoms with Crippen molar-refractivity contribution < 1.29 is 13.5 Å². The van der Waals surface area contributed by atoms with E-state index in [1.165, 1.54) is 31.5 Å². The van der Waals surface area contributed by atoms with Crippen LogP contribution in [0.15, 0.2) is 14.7 Å². The number of aliphatic hydroxyl groups excluding tert-OH is 1. The molecule has 1 aromatic heterocycles. The number of halogens is 1. The zero-order valence-corrected chi connectivity index (χ0v) is 10.9. The molecule has 1 heterocycles. The molecule has 0 amide bonds. The molecule has 80 valence electrons. The number of hydrogen-bond acceptors (Lipinski definition) is 4. The summed E-state index contributed by atoms with van der Waals surface area (Å²) in [6, 6.07) is 1.48. The molecule has 1 aromatic rings. The first kappa shape index (κ1) is 12.1. The van der Waals surface area contributed by atoms with E-state index in [0.29, 0.717) is 8.66 Å². The van der Waals surface area contributed by atoms with Gasteiger partial charge < -0.3 is 5.11 Å². The lowest BCUT2D eigenvalue weighted by Gasteiger charge is -2.09. The van der Waals surface area contributed by atoms with Gasteiger partial charge in [-0.1, -0.05) is 0 Å². The van der Waals surface area contributed by atoms with Crippen LogP contribution in [0.5, 0.6) is 0 Å². The standard InChI is InChI=1S/C7H10BrNO3S2/c1-9(2)14(11,12)6-3-5(4-10)13-7(6)8/h3,10H,4H2,1-2H3. The van der Waals surface area contributed by atoms with Gasteiger partial charge in [0.2, 0.25) is 10.0 Å². The number of sulfonamides is 1. The Labute approximate surface area is 95.3 Å². The molecule has 0 fully saturated rings. The lowest BCUT2D eigenvalue weighted by Crippen LogP contribution is -2.21. The highest BCUT2D eigenvalue weighted by Crippen LogP contribution is 2.32. The first-order chi connectivity index (χ1) is 6.39. The molecule has 7 heteroatoms. The van der Waals surface area contributed by atoms with E-state index in [1.54, 1.807) is 0 Å². The molecule has 0 aromatic carbocycles. The summed E-state index contributed by atoms with van der Waals surface area (Å²) in [5.41, 5.74) is 0. The quantitative estimate of drug-likeness (QED) is 0.914. The van der Waals surface area contributed by atoms with Crippen LogP contribution in [-0.2, 0) is 16.6 Å². The zero-order chi connectivity index (χ0) is 10.9. The smallest absolute Gasteiger partial charge is 0.244 e. The van der Waals surface area contributed by atoms with Gasteiger partial charge in [0.25, 0.3) is 0 Å². The molecule has 0 aliphatic rings. The van der Waals surface area contributed by atoms with Crippen LogP contribution in [0.4, 0.5) is 0 Å². The Hall–Kier alpha value is 0.0500. The largest absolute Gasteiger partial charge is 0.391 e. The van der Waals surface area contributed by atoms with Gasteiger partial charge in [0, 0.05) is 19.0 Å². The molecular weight excluding hydrogens is 290 g/mol. The second-order valence-corrected chi connectivity index (χ2v) is 7.37. The molecule has 0 aliphatic heterocycles. The Kier molecular flexibility index (Phi) is 3.70. The molecule has 0 unspecified atom stereocenters. The molecule has 0 aliphatic carbocycles. The van der Waals surface area contributed by atoms with Gasteiger partial charge in [-0.3, -0.25) is 0 Å². The van der Waals surface area contributed by atoms with Crippen molar-refractivity contribution in [1.29, 1.82) is 0 Å². The summed E-state index contributed by atoms with van der Waals surface area (Å²) in [6.45, 7) is -0.147. The van der Waals surface area contributed by atoms with Gasteiger partial charge in [-0.05, 0) is 22.0 Å². The van der Waals surface area contributed by atoms with Crippen LogP contribution in [0, 0.1) is 0 Å². The Balaban J connectivity index is 3.26. The lowest BCUT2D eigenvalue weighted by molar-refractivity contribution is 0.285. The summed E-state index contributed by atoms with van der Waals surface area (Å²) in [5, 5.41) is 8.86. The first-order valence-electron chi connectivity index (χ1n) is 3.71. The minimum Gasteiger partial charge on any atom is -0.391 e. The van der Waals surface area contributed by atoms with Crippen molar-refractivity contribution in [2.75, 3.05) is 14.1 Å². The highest BCUT2D eigenvalue weighted by Gasteiger charge is 2.22. The molecule has 0 radical (unpaired) electrons. The summed E-state index contributed by atoms with van der Waals surface area (Å²) in [6.07, 6.45) is 0. The molecule has 4 nitrogen and oxygen atoms in total. The third-order valence-electron chi connectivity index (χ3n) is 1.62. The highest BCUT2D eigenvalue weighted by molar-refractivity contribution is 9.11. The Morgan fingerprint density at radius 3 is 2.50 bits per heavy atom. The average Bonchev–Trinajstić information content (AvgIpc) is 2.47.